The number of hydrogen-bond donors (Lipinski definition) is 5. The Morgan fingerprint density at radius 2 is 1.73 bits per heavy atom. The van der Waals surface area contributed by atoms with Crippen LogP contribution in [-0.2, 0) is 11.3 Å². The first kappa shape index (κ1) is 17.3. The average Bonchev–Trinajstić information content (AvgIpc) is 2.44. The summed E-state index contributed by atoms with van der Waals surface area (Å²) in [6.07, 6.45) is 1.25. The van der Waals surface area contributed by atoms with E-state index in [1.54, 1.807) is 24.3 Å². The fourth-order valence-electron chi connectivity index (χ4n) is 1.89. The van der Waals surface area contributed by atoms with Crippen molar-refractivity contribution in [3.63, 3.8) is 0 Å². The summed E-state index contributed by atoms with van der Waals surface area (Å²) in [7, 11) is 0. The molecule has 0 radical (unpaired) electrons. The second-order valence-corrected chi connectivity index (χ2v) is 4.75. The Labute approximate surface area is 128 Å². The number of primary amides is 2. The minimum absolute atomic E-state index is 0.292. The van der Waals surface area contributed by atoms with Crippen LogP contribution in [0.25, 0.3) is 0 Å². The Bertz CT molecular complexity index is 530. The summed E-state index contributed by atoms with van der Waals surface area (Å²) in [5.74, 6) is -0.292. The predicted molar refractivity (Wildman–Crippen MR) is 82.9 cm³/mol. The molecule has 1 aromatic rings. The highest BCUT2D eigenvalue weighted by atomic mass is 16.2. The molecule has 0 aliphatic rings. The molecule has 0 aliphatic carbocycles. The molecule has 0 aliphatic heterocycles. The van der Waals surface area contributed by atoms with Crippen LogP contribution < -0.4 is 27.4 Å². The van der Waals surface area contributed by atoms with Crippen molar-refractivity contribution in [3.05, 3.63) is 29.8 Å². The average molecular weight is 307 g/mol. The summed E-state index contributed by atoms with van der Waals surface area (Å²) in [6, 6.07) is 4.85. The number of nitrogens with two attached hydrogens (primary N) is 2. The molecule has 8 nitrogen and oxygen atoms in total. The van der Waals surface area contributed by atoms with Crippen molar-refractivity contribution < 1.29 is 14.4 Å². The van der Waals surface area contributed by atoms with Crippen LogP contribution in [0.5, 0.6) is 0 Å². The fourth-order valence-corrected chi connectivity index (χ4v) is 1.89. The van der Waals surface area contributed by atoms with Gasteiger partial charge in [0.1, 0.15) is 6.04 Å². The lowest BCUT2D eigenvalue weighted by Gasteiger charge is -2.16. The molecular formula is C14H21N5O3. The predicted octanol–water partition coefficient (Wildman–Crippen LogP) is 0.630. The van der Waals surface area contributed by atoms with E-state index in [1.165, 1.54) is 0 Å². The molecule has 0 bridgehead atoms. The second-order valence-electron chi connectivity index (χ2n) is 4.75. The zero-order valence-electron chi connectivity index (χ0n) is 12.4. The van der Waals surface area contributed by atoms with Gasteiger partial charge in [-0.1, -0.05) is 25.5 Å². The molecule has 1 rings (SSSR count). The number of carbonyl (C=O) groups excluding carboxylic acids is 3. The van der Waals surface area contributed by atoms with Crippen LogP contribution in [0.2, 0.25) is 0 Å². The smallest absolute Gasteiger partial charge is 0.316 e. The van der Waals surface area contributed by atoms with Gasteiger partial charge in [-0.25, -0.2) is 9.59 Å². The van der Waals surface area contributed by atoms with E-state index in [9.17, 15) is 14.4 Å². The molecule has 0 saturated carbocycles. The summed E-state index contributed by atoms with van der Waals surface area (Å²) in [5.41, 5.74) is 11.5. The van der Waals surface area contributed by atoms with Gasteiger partial charge in [0.25, 0.3) is 0 Å². The first-order valence-corrected chi connectivity index (χ1v) is 6.91. The Morgan fingerprint density at radius 1 is 1.09 bits per heavy atom. The lowest BCUT2D eigenvalue weighted by molar-refractivity contribution is -0.123. The highest BCUT2D eigenvalue weighted by Crippen LogP contribution is 2.09. The van der Waals surface area contributed by atoms with Crippen molar-refractivity contribution in [1.29, 1.82) is 0 Å². The monoisotopic (exact) mass is 307 g/mol. The Kier molecular flexibility index (Phi) is 6.68. The van der Waals surface area contributed by atoms with Gasteiger partial charge in [-0.3, -0.25) is 4.79 Å². The number of anilines is 1. The van der Waals surface area contributed by atoms with Crippen molar-refractivity contribution in [2.75, 3.05) is 5.32 Å². The van der Waals surface area contributed by atoms with Gasteiger partial charge in [0.15, 0.2) is 0 Å². The summed E-state index contributed by atoms with van der Waals surface area (Å²) < 4.78 is 0. The topological polar surface area (TPSA) is 139 Å². The van der Waals surface area contributed by atoms with Crippen LogP contribution in [0, 0.1) is 0 Å². The van der Waals surface area contributed by atoms with Crippen molar-refractivity contribution in [3.8, 4) is 0 Å². The third kappa shape index (κ3) is 6.12. The zero-order chi connectivity index (χ0) is 16.5. The van der Waals surface area contributed by atoms with E-state index in [0.717, 1.165) is 12.0 Å². The van der Waals surface area contributed by atoms with Crippen molar-refractivity contribution in [2.24, 2.45) is 11.5 Å². The third-order valence-corrected chi connectivity index (χ3v) is 2.90. The van der Waals surface area contributed by atoms with Gasteiger partial charge in [-0.15, -0.1) is 0 Å². The molecule has 1 atom stereocenters. The van der Waals surface area contributed by atoms with E-state index < -0.39 is 18.1 Å². The van der Waals surface area contributed by atoms with E-state index in [0.29, 0.717) is 18.7 Å². The minimum Gasteiger partial charge on any atom is -0.352 e. The van der Waals surface area contributed by atoms with Crippen molar-refractivity contribution >= 4 is 23.7 Å². The van der Waals surface area contributed by atoms with Gasteiger partial charge in [-0.2, -0.15) is 0 Å². The third-order valence-electron chi connectivity index (χ3n) is 2.90. The maximum Gasteiger partial charge on any atom is 0.316 e. The lowest BCUT2D eigenvalue weighted by Crippen LogP contribution is -2.48. The molecule has 7 N–H and O–H groups in total. The first-order chi connectivity index (χ1) is 10.4. The van der Waals surface area contributed by atoms with E-state index in [1.807, 2.05) is 6.92 Å². The highest BCUT2D eigenvalue weighted by molar-refractivity contribution is 5.88. The second kappa shape index (κ2) is 8.50. The number of benzene rings is 1. The first-order valence-electron chi connectivity index (χ1n) is 6.91. The molecule has 0 spiro atoms. The van der Waals surface area contributed by atoms with Gasteiger partial charge in [0.05, 0.1) is 0 Å². The maximum absolute atomic E-state index is 12.0. The van der Waals surface area contributed by atoms with Gasteiger partial charge in [-0.05, 0) is 24.1 Å². The van der Waals surface area contributed by atoms with Crippen molar-refractivity contribution in [1.82, 2.24) is 10.6 Å². The Morgan fingerprint density at radius 3 is 2.23 bits per heavy atom. The van der Waals surface area contributed by atoms with E-state index in [-0.39, 0.29) is 5.91 Å². The zero-order valence-corrected chi connectivity index (χ0v) is 12.4. The molecule has 120 valence electrons. The molecule has 1 aromatic carbocycles. The van der Waals surface area contributed by atoms with E-state index in [2.05, 4.69) is 16.0 Å². The SMILES string of the molecule is CCCC(NC(N)=O)C(=O)NCc1ccc(NC(N)=O)cc1. The quantitative estimate of drug-likeness (QED) is 0.504. The van der Waals surface area contributed by atoms with Gasteiger partial charge in [0.2, 0.25) is 5.91 Å². The van der Waals surface area contributed by atoms with Crippen LogP contribution in [0.1, 0.15) is 25.3 Å². The molecule has 5 amide bonds. The summed E-state index contributed by atoms with van der Waals surface area (Å²) in [5, 5.41) is 7.58. The van der Waals surface area contributed by atoms with Crippen molar-refractivity contribution in [2.45, 2.75) is 32.4 Å². The van der Waals surface area contributed by atoms with E-state index >= 15 is 0 Å². The number of urea groups is 2. The van der Waals surface area contributed by atoms with Crippen LogP contribution in [0.4, 0.5) is 15.3 Å². The summed E-state index contributed by atoms with van der Waals surface area (Å²) in [6.45, 7) is 2.21. The molecule has 0 saturated heterocycles. The fraction of sp³-hybridized carbons (Fsp3) is 0.357. The number of hydrogen-bond acceptors (Lipinski definition) is 3. The number of carbonyl (C=O) groups is 3. The van der Waals surface area contributed by atoms with Gasteiger partial charge < -0.3 is 27.4 Å². The van der Waals surface area contributed by atoms with Crippen LogP contribution >= 0.6 is 0 Å². The molecule has 22 heavy (non-hydrogen) atoms. The minimum atomic E-state index is -0.726. The molecule has 1 unspecified atom stereocenters. The van der Waals surface area contributed by atoms with Gasteiger partial charge >= 0.3 is 12.1 Å². The van der Waals surface area contributed by atoms with E-state index in [4.69, 9.17) is 11.5 Å². The number of amides is 5. The molecule has 8 heteroatoms. The molecule has 0 heterocycles. The highest BCUT2D eigenvalue weighted by Gasteiger charge is 2.18. The number of nitrogens with one attached hydrogen (secondary N) is 3. The number of rotatable bonds is 7. The summed E-state index contributed by atoms with van der Waals surface area (Å²) >= 11 is 0. The normalized spacial score (nSPS) is 11.3. The molecular weight excluding hydrogens is 286 g/mol. The maximum atomic E-state index is 12.0. The molecule has 0 aromatic heterocycles. The molecule has 0 fully saturated rings. The standard InChI is InChI=1S/C14H21N5O3/c1-2-3-11(19-14(16)22)12(20)17-8-9-4-6-10(7-5-9)18-13(15)21/h4-7,11H,2-3,8H2,1H3,(H,17,20)(H3,15,18,21)(H3,16,19,22). The van der Waals surface area contributed by atoms with Gasteiger partial charge in [0, 0.05) is 12.2 Å². The van der Waals surface area contributed by atoms with Crippen LogP contribution in [-0.4, -0.2) is 24.0 Å². The lowest BCUT2D eigenvalue weighted by atomic mass is 10.1. The Hall–Kier alpha value is -2.77. The van der Waals surface area contributed by atoms with Crippen LogP contribution in [0.3, 0.4) is 0 Å². The largest absolute Gasteiger partial charge is 0.352 e. The van der Waals surface area contributed by atoms with Crippen LogP contribution in [0.15, 0.2) is 24.3 Å². The Balaban J connectivity index is 2.54. The summed E-state index contributed by atoms with van der Waals surface area (Å²) in [4.78, 5) is 33.6.